The van der Waals surface area contributed by atoms with Gasteiger partial charge in [0.25, 0.3) is 15.7 Å². The minimum absolute atomic E-state index is 0.0307. The van der Waals surface area contributed by atoms with Crippen molar-refractivity contribution in [3.8, 4) is 0 Å². The fourth-order valence-corrected chi connectivity index (χ4v) is 7.53. The number of amides is 2. The number of carbonyl (C=O) groups is 2. The Morgan fingerprint density at radius 2 is 1.46 bits per heavy atom. The lowest BCUT2D eigenvalue weighted by molar-refractivity contribution is -0.384. The number of carbonyl (C=O) groups excluding carboxylic acids is 2. The van der Waals surface area contributed by atoms with Crippen molar-refractivity contribution in [2.75, 3.05) is 10.8 Å². The molecule has 2 amide bonds. The summed E-state index contributed by atoms with van der Waals surface area (Å²) in [6.07, 6.45) is 4.96. The van der Waals surface area contributed by atoms with E-state index in [1.807, 2.05) is 30.3 Å². The summed E-state index contributed by atoms with van der Waals surface area (Å²) in [4.78, 5) is 40.9. The number of sulfonamides is 1. The first-order valence-electron chi connectivity index (χ1n) is 15.8. The summed E-state index contributed by atoms with van der Waals surface area (Å²) in [5, 5.41) is 14.9. The molecule has 1 aliphatic carbocycles. The van der Waals surface area contributed by atoms with Gasteiger partial charge in [-0.15, -0.1) is 0 Å². The summed E-state index contributed by atoms with van der Waals surface area (Å²) < 4.78 is 29.1. The van der Waals surface area contributed by atoms with Crippen molar-refractivity contribution in [2.24, 2.45) is 0 Å². The number of nitro benzene ring substituents is 1. The molecule has 1 atom stereocenters. The van der Waals surface area contributed by atoms with Crippen LogP contribution in [0.1, 0.15) is 43.2 Å². The van der Waals surface area contributed by atoms with Gasteiger partial charge >= 0.3 is 0 Å². The molecule has 10 nitrogen and oxygen atoms in total. The Balaban J connectivity index is 1.57. The Kier molecular flexibility index (Phi) is 11.5. The van der Waals surface area contributed by atoms with Gasteiger partial charge in [0.1, 0.15) is 12.6 Å². The molecule has 4 aromatic carbocycles. The number of benzene rings is 4. The Morgan fingerprint density at radius 1 is 0.854 bits per heavy atom. The first-order valence-corrected chi connectivity index (χ1v) is 17.6. The van der Waals surface area contributed by atoms with Gasteiger partial charge in [-0.3, -0.25) is 24.0 Å². The number of hydrogen-bond donors (Lipinski definition) is 1. The monoisotopic (exact) mass is 688 g/mol. The average molecular weight is 689 g/mol. The van der Waals surface area contributed by atoms with Crippen LogP contribution >= 0.6 is 11.6 Å². The largest absolute Gasteiger partial charge is 0.352 e. The number of rotatable bonds is 13. The lowest BCUT2D eigenvalue weighted by atomic mass is 9.94. The Hall–Kier alpha value is -4.74. The molecule has 0 spiro atoms. The molecular weight excluding hydrogens is 652 g/mol. The predicted molar refractivity (Wildman–Crippen MR) is 185 cm³/mol. The number of halogens is 1. The van der Waals surface area contributed by atoms with Crippen molar-refractivity contribution in [2.45, 2.75) is 62.0 Å². The number of hydrogen-bond acceptors (Lipinski definition) is 6. The molecule has 0 aliphatic heterocycles. The van der Waals surface area contributed by atoms with Gasteiger partial charge in [0.05, 0.1) is 15.5 Å². The molecule has 12 heteroatoms. The van der Waals surface area contributed by atoms with E-state index in [0.717, 1.165) is 42.0 Å². The molecule has 1 unspecified atom stereocenters. The standard InChI is InChI=1S/C36H37ClN4O6S/c37-33-19-11-10-14-28(33)25-39(34(24-27-12-4-1-5-13-27)36(43)38-29-15-6-2-7-16-29)35(42)26-40(30-20-22-31(23-21-30)41(44)45)48(46,47)32-17-8-3-9-18-32/h1,3-5,8-14,17-23,29,34H,2,6-7,15-16,24-26H2,(H,38,43). The van der Waals surface area contributed by atoms with Crippen LogP contribution in [0.15, 0.2) is 114 Å². The fraction of sp³-hybridized carbons (Fsp3) is 0.278. The van der Waals surface area contributed by atoms with Crippen molar-refractivity contribution in [1.82, 2.24) is 10.2 Å². The van der Waals surface area contributed by atoms with Gasteiger partial charge < -0.3 is 10.2 Å². The summed E-state index contributed by atoms with van der Waals surface area (Å²) in [6, 6.07) is 27.9. The third-order valence-electron chi connectivity index (χ3n) is 8.48. The second kappa shape index (κ2) is 15.9. The van der Waals surface area contributed by atoms with Crippen LogP contribution in [0.5, 0.6) is 0 Å². The SMILES string of the molecule is O=C(NC1CCCCC1)C(Cc1ccccc1)N(Cc1ccccc1Cl)C(=O)CN(c1ccc([N+](=O)[O-])cc1)S(=O)(=O)c1ccccc1. The number of anilines is 1. The molecule has 1 fully saturated rings. The van der Waals surface area contributed by atoms with Crippen LogP contribution < -0.4 is 9.62 Å². The topological polar surface area (TPSA) is 130 Å². The Labute approximate surface area is 285 Å². The summed E-state index contributed by atoms with van der Waals surface area (Å²) in [5.74, 6) is -0.980. The molecular formula is C36H37ClN4O6S. The van der Waals surface area contributed by atoms with Crippen molar-refractivity contribution in [3.05, 3.63) is 135 Å². The third kappa shape index (κ3) is 8.59. The quantitative estimate of drug-likeness (QED) is 0.126. The van der Waals surface area contributed by atoms with E-state index in [1.54, 1.807) is 42.5 Å². The van der Waals surface area contributed by atoms with Gasteiger partial charge in [0.15, 0.2) is 0 Å². The first kappa shape index (κ1) is 34.6. The molecule has 48 heavy (non-hydrogen) atoms. The zero-order valence-electron chi connectivity index (χ0n) is 26.3. The lowest BCUT2D eigenvalue weighted by Gasteiger charge is -2.35. The average Bonchev–Trinajstić information content (AvgIpc) is 3.10. The molecule has 0 aromatic heterocycles. The molecule has 250 valence electrons. The summed E-state index contributed by atoms with van der Waals surface area (Å²) in [5.41, 5.74) is 1.23. The highest BCUT2D eigenvalue weighted by atomic mass is 35.5. The lowest BCUT2D eigenvalue weighted by Crippen LogP contribution is -2.55. The first-order chi connectivity index (χ1) is 23.1. The molecule has 0 bridgehead atoms. The molecule has 1 saturated carbocycles. The molecule has 0 saturated heterocycles. The van der Waals surface area contributed by atoms with E-state index in [2.05, 4.69) is 5.32 Å². The fourth-order valence-electron chi connectivity index (χ4n) is 5.90. The smallest absolute Gasteiger partial charge is 0.269 e. The van der Waals surface area contributed by atoms with Gasteiger partial charge in [-0.25, -0.2) is 8.42 Å². The van der Waals surface area contributed by atoms with Crippen molar-refractivity contribution in [1.29, 1.82) is 0 Å². The molecule has 1 N–H and O–H groups in total. The predicted octanol–water partition coefficient (Wildman–Crippen LogP) is 6.53. The zero-order chi connectivity index (χ0) is 34.1. The van der Waals surface area contributed by atoms with Crippen LogP contribution in [-0.4, -0.2) is 48.7 Å². The Bertz CT molecular complexity index is 1820. The van der Waals surface area contributed by atoms with Gasteiger partial charge in [-0.2, -0.15) is 0 Å². The van der Waals surface area contributed by atoms with Crippen LogP contribution in [0.25, 0.3) is 0 Å². The van der Waals surface area contributed by atoms with Crippen LogP contribution in [0.3, 0.4) is 0 Å². The number of nitro groups is 1. The van der Waals surface area contributed by atoms with Crippen LogP contribution in [0.4, 0.5) is 11.4 Å². The van der Waals surface area contributed by atoms with E-state index < -0.39 is 33.4 Å². The van der Waals surface area contributed by atoms with Crippen molar-refractivity contribution < 1.29 is 22.9 Å². The Morgan fingerprint density at radius 3 is 2.08 bits per heavy atom. The highest BCUT2D eigenvalue weighted by Gasteiger charge is 2.35. The second-order valence-electron chi connectivity index (χ2n) is 11.8. The molecule has 0 heterocycles. The number of nitrogens with zero attached hydrogens (tertiary/aromatic N) is 3. The van der Waals surface area contributed by atoms with Gasteiger partial charge in [-0.05, 0) is 54.3 Å². The summed E-state index contributed by atoms with van der Waals surface area (Å²) in [6.45, 7) is -0.741. The van der Waals surface area contributed by atoms with Gasteiger partial charge in [-0.1, -0.05) is 97.6 Å². The van der Waals surface area contributed by atoms with Crippen LogP contribution in [0, 0.1) is 10.1 Å². The van der Waals surface area contributed by atoms with E-state index in [1.165, 1.54) is 41.3 Å². The normalized spacial score (nSPS) is 14.1. The third-order valence-corrected chi connectivity index (χ3v) is 10.6. The van der Waals surface area contributed by atoms with E-state index in [0.29, 0.717) is 10.6 Å². The minimum atomic E-state index is -4.33. The number of nitrogens with one attached hydrogen (secondary N) is 1. The van der Waals surface area contributed by atoms with E-state index in [-0.39, 0.29) is 41.2 Å². The molecule has 0 radical (unpaired) electrons. The zero-order valence-corrected chi connectivity index (χ0v) is 27.9. The van der Waals surface area contributed by atoms with Crippen LogP contribution in [0.2, 0.25) is 5.02 Å². The van der Waals surface area contributed by atoms with Gasteiger partial charge in [0.2, 0.25) is 11.8 Å². The highest BCUT2D eigenvalue weighted by molar-refractivity contribution is 7.92. The van der Waals surface area contributed by atoms with Crippen LogP contribution in [-0.2, 0) is 32.6 Å². The molecule has 4 aromatic rings. The molecule has 5 rings (SSSR count). The van der Waals surface area contributed by atoms with E-state index in [9.17, 15) is 28.1 Å². The molecule has 1 aliphatic rings. The second-order valence-corrected chi connectivity index (χ2v) is 14.0. The number of non-ortho nitro benzene ring substituents is 1. The van der Waals surface area contributed by atoms with Crippen molar-refractivity contribution >= 4 is 44.8 Å². The maximum atomic E-state index is 14.6. The summed E-state index contributed by atoms with van der Waals surface area (Å²) >= 11 is 6.57. The maximum absolute atomic E-state index is 14.6. The van der Waals surface area contributed by atoms with Crippen molar-refractivity contribution in [3.63, 3.8) is 0 Å². The van der Waals surface area contributed by atoms with E-state index in [4.69, 9.17) is 11.6 Å². The van der Waals surface area contributed by atoms with Gasteiger partial charge in [0, 0.05) is 36.2 Å². The summed E-state index contributed by atoms with van der Waals surface area (Å²) in [7, 11) is -4.33. The van der Waals surface area contributed by atoms with E-state index >= 15 is 0 Å². The maximum Gasteiger partial charge on any atom is 0.269 e. The minimum Gasteiger partial charge on any atom is -0.352 e. The highest BCUT2D eigenvalue weighted by Crippen LogP contribution is 2.28.